The molecular formula is C18H17N3O6. The van der Waals surface area contributed by atoms with Crippen molar-refractivity contribution >= 4 is 22.7 Å². The summed E-state index contributed by atoms with van der Waals surface area (Å²) in [6.45, 7) is 1.66. The van der Waals surface area contributed by atoms with Gasteiger partial charge in [-0.2, -0.15) is 5.10 Å². The Labute approximate surface area is 153 Å². The van der Waals surface area contributed by atoms with Gasteiger partial charge in [0.15, 0.2) is 0 Å². The molecule has 0 atom stereocenters. The van der Waals surface area contributed by atoms with Crippen LogP contribution in [0.25, 0.3) is 10.8 Å². The number of nitrogens with zero attached hydrogens (tertiary/aromatic N) is 3. The van der Waals surface area contributed by atoms with Crippen molar-refractivity contribution in [3.8, 4) is 0 Å². The molecule has 3 aromatic rings. The van der Waals surface area contributed by atoms with E-state index in [2.05, 4.69) is 40.4 Å². The Morgan fingerprint density at radius 1 is 1.04 bits per heavy atom. The number of benzene rings is 2. The maximum absolute atomic E-state index is 9.10. The lowest BCUT2D eigenvalue weighted by Gasteiger charge is -2.27. The Morgan fingerprint density at radius 2 is 1.70 bits per heavy atom. The Balaban J connectivity index is 0.000000307. The van der Waals surface area contributed by atoms with E-state index in [1.807, 2.05) is 12.1 Å². The molecule has 27 heavy (non-hydrogen) atoms. The molecule has 2 N–H and O–H groups in total. The third-order valence-electron chi connectivity index (χ3n) is 3.96. The number of hydrogen-bond acceptors (Lipinski definition) is 6. The zero-order chi connectivity index (χ0) is 19.3. The number of fused-ring (bicyclic) bond motifs is 1. The van der Waals surface area contributed by atoms with Crippen LogP contribution in [0, 0.1) is 0 Å². The van der Waals surface area contributed by atoms with Crippen molar-refractivity contribution in [1.29, 1.82) is 0 Å². The molecule has 2 heterocycles. The first-order valence-electron chi connectivity index (χ1n) is 8.06. The van der Waals surface area contributed by atoms with Gasteiger partial charge in [-0.3, -0.25) is 0 Å². The van der Waals surface area contributed by atoms with Gasteiger partial charge in [0.2, 0.25) is 5.79 Å². The van der Waals surface area contributed by atoms with Crippen LogP contribution in [0.3, 0.4) is 0 Å². The van der Waals surface area contributed by atoms with Gasteiger partial charge < -0.3 is 19.7 Å². The van der Waals surface area contributed by atoms with Crippen LogP contribution in [0.1, 0.15) is 5.56 Å². The fraction of sp³-hybridized carbons (Fsp3) is 0.222. The predicted molar refractivity (Wildman–Crippen MR) is 92.8 cm³/mol. The van der Waals surface area contributed by atoms with Crippen LogP contribution in [0.4, 0.5) is 0 Å². The van der Waals surface area contributed by atoms with Crippen LogP contribution >= 0.6 is 0 Å². The van der Waals surface area contributed by atoms with Crippen molar-refractivity contribution in [3.05, 3.63) is 60.7 Å². The van der Waals surface area contributed by atoms with Gasteiger partial charge in [-0.25, -0.2) is 19.3 Å². The van der Waals surface area contributed by atoms with Gasteiger partial charge in [0.25, 0.3) is 0 Å². The second-order valence-corrected chi connectivity index (χ2v) is 5.72. The van der Waals surface area contributed by atoms with Gasteiger partial charge >= 0.3 is 11.9 Å². The first kappa shape index (κ1) is 18.5. The number of carboxylic acids is 2. The van der Waals surface area contributed by atoms with Gasteiger partial charge in [-0.15, -0.1) is 0 Å². The van der Waals surface area contributed by atoms with Crippen LogP contribution < -0.4 is 0 Å². The zero-order valence-corrected chi connectivity index (χ0v) is 14.2. The van der Waals surface area contributed by atoms with Gasteiger partial charge in [-0.1, -0.05) is 36.4 Å². The number of hydrogen-bond donors (Lipinski definition) is 2. The molecule has 2 aromatic carbocycles. The molecule has 1 fully saturated rings. The second-order valence-electron chi connectivity index (χ2n) is 5.72. The van der Waals surface area contributed by atoms with Crippen molar-refractivity contribution in [3.63, 3.8) is 0 Å². The standard InChI is InChI=1S/C16H15N3O2.C2H2O4/c1-2-4-14-9-15(6-5-13(14)3-1)16(20-7-8-21-16)10-19-12-17-11-18-19;3-1(4)2(5)6/h1-6,9,11-12H,7-8,10H2;(H,3,4)(H,5,6). The van der Waals surface area contributed by atoms with Crippen LogP contribution in [0.5, 0.6) is 0 Å². The van der Waals surface area contributed by atoms with Crippen molar-refractivity contribution < 1.29 is 29.3 Å². The molecular weight excluding hydrogens is 354 g/mol. The predicted octanol–water partition coefficient (Wildman–Crippen LogP) is 1.49. The largest absolute Gasteiger partial charge is 0.473 e. The molecule has 0 spiro atoms. The average Bonchev–Trinajstić information content (AvgIpc) is 3.35. The van der Waals surface area contributed by atoms with E-state index in [0.29, 0.717) is 19.8 Å². The Kier molecular flexibility index (Phi) is 5.43. The molecule has 0 unspecified atom stereocenters. The van der Waals surface area contributed by atoms with E-state index in [1.165, 1.54) is 17.1 Å². The SMILES string of the molecule is O=C(O)C(=O)O.c1ccc2cc(C3(Cn4cncn4)OCCO3)ccc2c1. The monoisotopic (exact) mass is 371 g/mol. The fourth-order valence-corrected chi connectivity index (χ4v) is 2.76. The van der Waals surface area contributed by atoms with E-state index in [0.717, 1.165) is 5.56 Å². The third kappa shape index (κ3) is 4.27. The molecule has 9 nitrogen and oxygen atoms in total. The number of carbonyl (C=O) groups is 2. The van der Waals surface area contributed by atoms with Crippen LogP contribution in [0.2, 0.25) is 0 Å². The van der Waals surface area contributed by atoms with E-state index >= 15 is 0 Å². The molecule has 0 bridgehead atoms. The first-order chi connectivity index (χ1) is 13.0. The summed E-state index contributed by atoms with van der Waals surface area (Å²) in [7, 11) is 0. The van der Waals surface area contributed by atoms with Gasteiger partial charge in [0.1, 0.15) is 19.2 Å². The van der Waals surface area contributed by atoms with Crippen molar-refractivity contribution in [2.24, 2.45) is 0 Å². The Hall–Kier alpha value is -3.30. The molecule has 4 rings (SSSR count). The zero-order valence-electron chi connectivity index (χ0n) is 14.2. The fourth-order valence-electron chi connectivity index (χ4n) is 2.76. The maximum Gasteiger partial charge on any atom is 0.414 e. The molecule has 0 saturated carbocycles. The van der Waals surface area contributed by atoms with E-state index in [4.69, 9.17) is 29.3 Å². The van der Waals surface area contributed by atoms with Gasteiger partial charge in [0.05, 0.1) is 13.2 Å². The molecule has 1 aliphatic rings. The van der Waals surface area contributed by atoms with Crippen molar-refractivity contribution in [1.82, 2.24) is 14.8 Å². The highest BCUT2D eigenvalue weighted by molar-refractivity contribution is 6.27. The lowest BCUT2D eigenvalue weighted by Crippen LogP contribution is -2.33. The number of aromatic nitrogens is 3. The lowest BCUT2D eigenvalue weighted by molar-refractivity contribution is -0.177. The molecule has 9 heteroatoms. The summed E-state index contributed by atoms with van der Waals surface area (Å²) in [4.78, 5) is 22.2. The molecule has 0 radical (unpaired) electrons. The molecule has 1 aromatic heterocycles. The van der Waals surface area contributed by atoms with Crippen LogP contribution in [-0.2, 0) is 31.4 Å². The summed E-state index contributed by atoms with van der Waals surface area (Å²) in [6, 6.07) is 14.5. The maximum atomic E-state index is 9.10. The van der Waals surface area contributed by atoms with E-state index in [1.54, 1.807) is 11.0 Å². The minimum atomic E-state index is -1.82. The number of carboxylic acid groups (broad SMARTS) is 2. The number of aliphatic carboxylic acids is 2. The quantitative estimate of drug-likeness (QED) is 0.664. The summed E-state index contributed by atoms with van der Waals surface area (Å²) in [6.07, 6.45) is 3.19. The van der Waals surface area contributed by atoms with Gasteiger partial charge in [-0.05, 0) is 16.8 Å². The average molecular weight is 371 g/mol. The molecule has 1 saturated heterocycles. The molecule has 0 aliphatic carbocycles. The lowest BCUT2D eigenvalue weighted by atomic mass is 10.0. The van der Waals surface area contributed by atoms with Crippen LogP contribution in [-0.4, -0.2) is 50.1 Å². The molecule has 1 aliphatic heterocycles. The summed E-state index contributed by atoms with van der Waals surface area (Å²) < 4.78 is 13.6. The van der Waals surface area contributed by atoms with Crippen molar-refractivity contribution in [2.75, 3.05) is 13.2 Å². The van der Waals surface area contributed by atoms with Crippen molar-refractivity contribution in [2.45, 2.75) is 12.3 Å². The Bertz CT molecular complexity index is 923. The topological polar surface area (TPSA) is 124 Å². The highest BCUT2D eigenvalue weighted by Crippen LogP contribution is 2.34. The summed E-state index contributed by atoms with van der Waals surface area (Å²) >= 11 is 0. The van der Waals surface area contributed by atoms with E-state index < -0.39 is 17.7 Å². The minimum absolute atomic E-state index is 0.491. The van der Waals surface area contributed by atoms with E-state index in [9.17, 15) is 0 Å². The third-order valence-corrected chi connectivity index (χ3v) is 3.96. The summed E-state index contributed by atoms with van der Waals surface area (Å²) in [5.41, 5.74) is 1.01. The van der Waals surface area contributed by atoms with E-state index in [-0.39, 0.29) is 0 Å². The highest BCUT2D eigenvalue weighted by Gasteiger charge is 2.39. The second kappa shape index (κ2) is 7.94. The van der Waals surface area contributed by atoms with Crippen LogP contribution in [0.15, 0.2) is 55.1 Å². The Morgan fingerprint density at radius 3 is 2.30 bits per heavy atom. The summed E-state index contributed by atoms with van der Waals surface area (Å²) in [5, 5.41) is 21.3. The smallest absolute Gasteiger partial charge is 0.414 e. The highest BCUT2D eigenvalue weighted by atomic mass is 16.7. The summed E-state index contributed by atoms with van der Waals surface area (Å²) in [5.74, 6) is -4.43. The normalized spacial score (nSPS) is 15.1. The first-order valence-corrected chi connectivity index (χ1v) is 8.06. The minimum Gasteiger partial charge on any atom is -0.473 e. The van der Waals surface area contributed by atoms with Gasteiger partial charge in [0, 0.05) is 5.56 Å². The number of ether oxygens (including phenoxy) is 2. The number of rotatable bonds is 3. The molecule has 140 valence electrons. The molecule has 0 amide bonds.